The third kappa shape index (κ3) is 1.88. The Labute approximate surface area is 78.5 Å². The zero-order valence-electron chi connectivity index (χ0n) is 8.61. The monoisotopic (exact) mass is 182 g/mol. The number of aromatic nitrogens is 2. The summed E-state index contributed by atoms with van der Waals surface area (Å²) in [5.41, 5.74) is 0. The molecule has 1 aromatic heterocycles. The molecule has 13 heavy (non-hydrogen) atoms. The lowest BCUT2D eigenvalue weighted by Gasteiger charge is -2.00. The van der Waals surface area contributed by atoms with Gasteiger partial charge in [0, 0.05) is 6.54 Å². The molecule has 0 saturated carbocycles. The molecule has 0 radical (unpaired) electrons. The van der Waals surface area contributed by atoms with Gasteiger partial charge in [0.05, 0.1) is 21.2 Å². The molecule has 0 atom stereocenters. The molecule has 0 aromatic carbocycles. The minimum Gasteiger partial charge on any atom is -0.475 e. The summed E-state index contributed by atoms with van der Waals surface area (Å²) in [5.74, 6) is 1.65. The highest BCUT2D eigenvalue weighted by Gasteiger charge is 2.18. The van der Waals surface area contributed by atoms with Crippen molar-refractivity contribution in [1.82, 2.24) is 4.57 Å². The van der Waals surface area contributed by atoms with Gasteiger partial charge in [0.1, 0.15) is 12.4 Å². The molecule has 0 aliphatic carbocycles. The van der Waals surface area contributed by atoms with E-state index in [-0.39, 0.29) is 0 Å². The van der Waals surface area contributed by atoms with Crippen LogP contribution in [0, 0.1) is 0 Å². The maximum Gasteiger partial charge on any atom is 0.344 e. The van der Waals surface area contributed by atoms with Crippen molar-refractivity contribution in [2.75, 3.05) is 13.7 Å². The summed E-state index contributed by atoms with van der Waals surface area (Å²) < 4.78 is 9.17. The van der Waals surface area contributed by atoms with Gasteiger partial charge in [-0.1, -0.05) is 0 Å². The first-order chi connectivity index (χ1) is 6.20. The van der Waals surface area contributed by atoms with Crippen LogP contribution in [0.1, 0.15) is 12.7 Å². The summed E-state index contributed by atoms with van der Waals surface area (Å²) in [5, 5.41) is 0. The first-order valence-electron chi connectivity index (χ1n) is 4.30. The molecule has 1 rings (SSSR count). The van der Waals surface area contributed by atoms with Crippen LogP contribution >= 0.6 is 0 Å². The Morgan fingerprint density at radius 2 is 2.38 bits per heavy atom. The standard InChI is InChI=1S/C9H16N3O/c1-5-10-8(13-4)9-11(2)6-7-12(9)3/h6-7H,5H2,1-4H3/q+1. The van der Waals surface area contributed by atoms with Crippen LogP contribution in [0.3, 0.4) is 0 Å². The molecule has 1 heterocycles. The summed E-state index contributed by atoms with van der Waals surface area (Å²) in [7, 11) is 5.58. The average Bonchev–Trinajstić information content (AvgIpc) is 2.43. The van der Waals surface area contributed by atoms with Gasteiger partial charge in [0.25, 0.3) is 0 Å². The molecule has 0 N–H and O–H groups in total. The first-order valence-corrected chi connectivity index (χ1v) is 4.30. The van der Waals surface area contributed by atoms with Crippen LogP contribution in [0.15, 0.2) is 17.4 Å². The lowest BCUT2D eigenvalue weighted by Crippen LogP contribution is -2.35. The second kappa shape index (κ2) is 4.07. The summed E-state index contributed by atoms with van der Waals surface area (Å²) >= 11 is 0. The van der Waals surface area contributed by atoms with Crippen LogP contribution in [0.4, 0.5) is 0 Å². The molecule has 0 bridgehead atoms. The fourth-order valence-electron chi connectivity index (χ4n) is 1.26. The molecule has 0 unspecified atom stereocenters. The van der Waals surface area contributed by atoms with Gasteiger partial charge in [-0.25, -0.2) is 14.1 Å². The van der Waals surface area contributed by atoms with E-state index in [2.05, 4.69) is 4.99 Å². The van der Waals surface area contributed by atoms with Gasteiger partial charge in [-0.05, 0) is 6.92 Å². The Bertz CT molecular complexity index is 295. The number of nitrogens with zero attached hydrogens (tertiary/aromatic N) is 3. The zero-order valence-corrected chi connectivity index (χ0v) is 8.61. The quantitative estimate of drug-likeness (QED) is 0.367. The van der Waals surface area contributed by atoms with E-state index in [4.69, 9.17) is 4.74 Å². The van der Waals surface area contributed by atoms with E-state index in [0.29, 0.717) is 5.90 Å². The normalized spacial score (nSPS) is 11.8. The molecular weight excluding hydrogens is 166 g/mol. The highest BCUT2D eigenvalue weighted by Crippen LogP contribution is 1.96. The SMILES string of the molecule is CCN=C(OC)c1n(C)cc[n+]1C. The van der Waals surface area contributed by atoms with Gasteiger partial charge in [0.2, 0.25) is 0 Å². The number of ether oxygens (including phenoxy) is 1. The molecule has 4 heteroatoms. The summed E-state index contributed by atoms with van der Waals surface area (Å²) in [4.78, 5) is 4.26. The van der Waals surface area contributed by atoms with Crippen molar-refractivity contribution in [1.29, 1.82) is 0 Å². The predicted molar refractivity (Wildman–Crippen MR) is 50.7 cm³/mol. The smallest absolute Gasteiger partial charge is 0.344 e. The number of methoxy groups -OCH3 is 1. The van der Waals surface area contributed by atoms with Gasteiger partial charge in [-0.3, -0.25) is 0 Å². The maximum atomic E-state index is 5.21. The van der Waals surface area contributed by atoms with Gasteiger partial charge >= 0.3 is 11.7 Å². The van der Waals surface area contributed by atoms with Crippen molar-refractivity contribution in [3.63, 3.8) is 0 Å². The minimum atomic E-state index is 0.678. The highest BCUT2D eigenvalue weighted by molar-refractivity contribution is 5.89. The van der Waals surface area contributed by atoms with Gasteiger partial charge in [-0.15, -0.1) is 0 Å². The van der Waals surface area contributed by atoms with Crippen LogP contribution in [0.25, 0.3) is 0 Å². The predicted octanol–water partition coefficient (Wildman–Crippen LogP) is 0.263. The lowest BCUT2D eigenvalue weighted by atomic mass is 10.5. The molecule has 0 aliphatic heterocycles. The third-order valence-corrected chi connectivity index (χ3v) is 1.87. The van der Waals surface area contributed by atoms with E-state index in [1.165, 1.54) is 0 Å². The van der Waals surface area contributed by atoms with Crippen LogP contribution in [-0.2, 0) is 18.8 Å². The van der Waals surface area contributed by atoms with E-state index in [1.807, 2.05) is 42.5 Å². The van der Waals surface area contributed by atoms with Gasteiger partial charge < -0.3 is 4.74 Å². The summed E-state index contributed by atoms with van der Waals surface area (Å²) in [6.07, 6.45) is 3.94. The highest BCUT2D eigenvalue weighted by atomic mass is 16.5. The zero-order chi connectivity index (χ0) is 9.84. The van der Waals surface area contributed by atoms with E-state index >= 15 is 0 Å². The molecule has 0 aliphatic rings. The van der Waals surface area contributed by atoms with E-state index in [0.717, 1.165) is 12.4 Å². The topological polar surface area (TPSA) is 30.4 Å². The molecule has 0 fully saturated rings. The molecule has 0 saturated heterocycles. The van der Waals surface area contributed by atoms with Crippen molar-refractivity contribution in [3.8, 4) is 0 Å². The Kier molecular flexibility index (Phi) is 3.06. The van der Waals surface area contributed by atoms with Crippen LogP contribution in [0.2, 0.25) is 0 Å². The molecule has 72 valence electrons. The molecule has 0 spiro atoms. The largest absolute Gasteiger partial charge is 0.475 e. The number of hydrogen-bond donors (Lipinski definition) is 0. The Hall–Kier alpha value is -1.32. The van der Waals surface area contributed by atoms with Crippen molar-refractivity contribution in [2.24, 2.45) is 19.1 Å². The second-order valence-electron chi connectivity index (χ2n) is 2.83. The molecule has 0 amide bonds. The van der Waals surface area contributed by atoms with Crippen molar-refractivity contribution >= 4 is 5.90 Å². The third-order valence-electron chi connectivity index (χ3n) is 1.87. The minimum absolute atomic E-state index is 0.678. The van der Waals surface area contributed by atoms with E-state index in [1.54, 1.807) is 7.11 Å². The van der Waals surface area contributed by atoms with Gasteiger partial charge in [-0.2, -0.15) is 0 Å². The van der Waals surface area contributed by atoms with E-state index in [9.17, 15) is 0 Å². The summed E-state index contributed by atoms with van der Waals surface area (Å²) in [6.45, 7) is 2.72. The Balaban J connectivity index is 3.11. The fourth-order valence-corrected chi connectivity index (χ4v) is 1.26. The number of rotatable bonds is 2. The number of aliphatic imine (C=N–C) groups is 1. The van der Waals surface area contributed by atoms with Crippen LogP contribution < -0.4 is 4.57 Å². The number of aryl methyl sites for hydroxylation is 2. The van der Waals surface area contributed by atoms with E-state index < -0.39 is 0 Å². The van der Waals surface area contributed by atoms with Crippen molar-refractivity contribution < 1.29 is 9.30 Å². The second-order valence-corrected chi connectivity index (χ2v) is 2.83. The molecule has 4 nitrogen and oxygen atoms in total. The van der Waals surface area contributed by atoms with Crippen molar-refractivity contribution in [3.05, 3.63) is 18.2 Å². The molecule has 1 aromatic rings. The average molecular weight is 182 g/mol. The first kappa shape index (κ1) is 9.77. The van der Waals surface area contributed by atoms with Crippen molar-refractivity contribution in [2.45, 2.75) is 6.92 Å². The molecular formula is C9H16N3O+. The Morgan fingerprint density at radius 1 is 1.69 bits per heavy atom. The fraction of sp³-hybridized carbons (Fsp3) is 0.556. The van der Waals surface area contributed by atoms with Gasteiger partial charge in [0.15, 0.2) is 0 Å². The number of hydrogen-bond acceptors (Lipinski definition) is 2. The van der Waals surface area contributed by atoms with Crippen LogP contribution in [-0.4, -0.2) is 24.1 Å². The van der Waals surface area contributed by atoms with Crippen LogP contribution in [0.5, 0.6) is 0 Å². The maximum absolute atomic E-state index is 5.21. The summed E-state index contributed by atoms with van der Waals surface area (Å²) in [6, 6.07) is 0. The lowest BCUT2D eigenvalue weighted by molar-refractivity contribution is -0.672. The number of imidazole rings is 1. The Morgan fingerprint density at radius 3 is 2.77 bits per heavy atom.